The topological polar surface area (TPSA) is 114 Å². The van der Waals surface area contributed by atoms with Crippen LogP contribution in [0.4, 0.5) is 10.5 Å². The normalized spacial score (nSPS) is 22.3. The molecule has 4 heterocycles. The van der Waals surface area contributed by atoms with Crippen LogP contribution < -0.4 is 19.7 Å². The minimum absolute atomic E-state index is 0.109. The fourth-order valence-corrected chi connectivity index (χ4v) is 7.84. The molecule has 0 saturated carbocycles. The highest BCUT2D eigenvalue weighted by molar-refractivity contribution is 6.30. The highest BCUT2D eigenvalue weighted by Crippen LogP contribution is 2.53. The second kappa shape index (κ2) is 15.8. The van der Waals surface area contributed by atoms with E-state index in [4.69, 9.17) is 42.7 Å². The van der Waals surface area contributed by atoms with E-state index in [1.165, 1.54) is 7.11 Å². The van der Waals surface area contributed by atoms with Crippen molar-refractivity contribution in [1.82, 2.24) is 19.8 Å². The summed E-state index contributed by atoms with van der Waals surface area (Å²) in [6, 6.07) is 13.1. The number of nitrogens with one attached hydrogen (secondary N) is 2. The molecule has 2 atom stereocenters. The van der Waals surface area contributed by atoms with Crippen LogP contribution in [0.15, 0.2) is 82.6 Å². The number of amides is 3. The van der Waals surface area contributed by atoms with Crippen molar-refractivity contribution in [1.29, 1.82) is 0 Å². The molecular formula is C41H50Cl2N7O4+. The van der Waals surface area contributed by atoms with Crippen LogP contribution in [0.1, 0.15) is 71.2 Å². The molecule has 1 saturated heterocycles. The first kappa shape index (κ1) is 39.4. The lowest BCUT2D eigenvalue weighted by Gasteiger charge is -2.47. The van der Waals surface area contributed by atoms with Gasteiger partial charge in [0.25, 0.3) is 0 Å². The average Bonchev–Trinajstić information content (AvgIpc) is 3.39. The third kappa shape index (κ3) is 7.64. The van der Waals surface area contributed by atoms with Crippen molar-refractivity contribution in [2.24, 2.45) is 4.99 Å². The first-order valence-corrected chi connectivity index (χ1v) is 19.2. The second-order valence-electron chi connectivity index (χ2n) is 15.3. The van der Waals surface area contributed by atoms with Crippen LogP contribution in [0.3, 0.4) is 0 Å². The van der Waals surface area contributed by atoms with Crippen molar-refractivity contribution < 1.29 is 24.0 Å². The number of rotatable bonds is 9. The number of benzene rings is 1. The SMILES string of the molecule is CCOc1cc(C(C)(C)C)ncc1C1=NC(C)(c2ccc(Cl)cc2)C(C)(C2=CC=C(Cl)CC2)N1C(=O)[NH+]1CCN(CC(=O)Nc2cccnc2OC)CC1. The predicted octanol–water partition coefficient (Wildman–Crippen LogP) is 6.37. The van der Waals surface area contributed by atoms with Crippen LogP contribution in [-0.2, 0) is 15.7 Å². The van der Waals surface area contributed by atoms with Crippen LogP contribution in [0, 0.1) is 0 Å². The molecule has 1 fully saturated rings. The molecule has 2 aromatic heterocycles. The molecule has 3 aromatic rings. The lowest BCUT2D eigenvalue weighted by Crippen LogP contribution is -3.18. The van der Waals surface area contributed by atoms with Gasteiger partial charge in [-0.3, -0.25) is 19.7 Å². The lowest BCUT2D eigenvalue weighted by atomic mass is 9.68. The van der Waals surface area contributed by atoms with Gasteiger partial charge >= 0.3 is 6.03 Å². The number of methoxy groups -OCH3 is 1. The van der Waals surface area contributed by atoms with E-state index in [9.17, 15) is 4.79 Å². The van der Waals surface area contributed by atoms with Gasteiger partial charge in [0.2, 0.25) is 11.8 Å². The Balaban J connectivity index is 1.39. The first-order valence-electron chi connectivity index (χ1n) is 18.5. The number of carbonyl (C=O) groups is 2. The fourth-order valence-electron chi connectivity index (χ4n) is 7.56. The smallest absolute Gasteiger partial charge is 0.424 e. The molecule has 2 unspecified atom stereocenters. The number of ether oxygens (including phenoxy) is 2. The maximum absolute atomic E-state index is 15.4. The van der Waals surface area contributed by atoms with E-state index in [-0.39, 0.29) is 23.9 Å². The number of aromatic nitrogens is 2. The molecule has 3 aliphatic rings. The number of hydrogen-bond acceptors (Lipinski definition) is 8. The Hall–Kier alpha value is -4.29. The number of amidine groups is 1. The summed E-state index contributed by atoms with van der Waals surface area (Å²) >= 11 is 12.9. The van der Waals surface area contributed by atoms with Crippen LogP contribution in [0.5, 0.6) is 11.6 Å². The van der Waals surface area contributed by atoms with E-state index in [1.807, 2.05) is 54.3 Å². The van der Waals surface area contributed by atoms with Crippen LogP contribution in [0.25, 0.3) is 0 Å². The molecule has 286 valence electrons. The minimum atomic E-state index is -0.958. The van der Waals surface area contributed by atoms with Gasteiger partial charge in [-0.1, -0.05) is 62.2 Å². The van der Waals surface area contributed by atoms with E-state index in [0.29, 0.717) is 79.4 Å². The number of halogens is 2. The van der Waals surface area contributed by atoms with Gasteiger partial charge in [-0.2, -0.15) is 0 Å². The molecule has 3 amide bonds. The number of hydrogen-bond donors (Lipinski definition) is 2. The zero-order valence-corrected chi connectivity index (χ0v) is 33.6. The standard InChI is InChI=1S/C41H49Cl2N7O4/c1-8-54-33-24-34(39(2,3)4)45-25-31(33)36-47-40(5,27-11-15-29(42)16-12-27)41(6,28-13-17-30(43)18-14-28)50(36)38(52)49-22-20-48(21-23-49)26-35(51)46-32-10-9-19-44-37(32)53-7/h9-13,15-17,19,24-25H,8,14,18,20-23,26H2,1-7H3,(H,46,51)/p+1. The third-order valence-electron chi connectivity index (χ3n) is 10.8. The van der Waals surface area contributed by atoms with Gasteiger partial charge in [0.15, 0.2) is 0 Å². The Morgan fingerprint density at radius 3 is 2.37 bits per heavy atom. The molecule has 0 radical (unpaired) electrons. The maximum Gasteiger partial charge on any atom is 0.424 e. The number of aliphatic imine (C=N–C) groups is 1. The molecular weight excluding hydrogens is 725 g/mol. The zero-order valence-electron chi connectivity index (χ0n) is 32.1. The molecule has 6 rings (SSSR count). The molecule has 2 aliphatic heterocycles. The Morgan fingerprint density at radius 2 is 1.74 bits per heavy atom. The summed E-state index contributed by atoms with van der Waals surface area (Å²) in [4.78, 5) is 47.8. The van der Waals surface area contributed by atoms with Crippen molar-refractivity contribution in [2.75, 3.05) is 51.8 Å². The van der Waals surface area contributed by atoms with Gasteiger partial charge in [-0.05, 0) is 75.1 Å². The summed E-state index contributed by atoms with van der Waals surface area (Å²) in [5.41, 5.74) is 1.85. The highest BCUT2D eigenvalue weighted by Gasteiger charge is 2.62. The summed E-state index contributed by atoms with van der Waals surface area (Å²) in [7, 11) is 1.52. The summed E-state index contributed by atoms with van der Waals surface area (Å²) < 4.78 is 11.6. The van der Waals surface area contributed by atoms with Crippen LogP contribution in [-0.4, -0.2) is 89.5 Å². The number of nitrogens with zero attached hydrogens (tertiary/aromatic N) is 5. The number of piperazine rings is 1. The van der Waals surface area contributed by atoms with Gasteiger partial charge in [0.1, 0.15) is 28.4 Å². The third-order valence-corrected chi connectivity index (χ3v) is 11.4. The monoisotopic (exact) mass is 774 g/mol. The van der Waals surface area contributed by atoms with Crippen molar-refractivity contribution in [3.05, 3.63) is 99.5 Å². The molecule has 54 heavy (non-hydrogen) atoms. The van der Waals surface area contributed by atoms with Crippen molar-refractivity contribution in [3.63, 3.8) is 0 Å². The molecule has 2 N–H and O–H groups in total. The molecule has 0 bridgehead atoms. The quantitative estimate of drug-likeness (QED) is 0.260. The van der Waals surface area contributed by atoms with Crippen molar-refractivity contribution >= 4 is 46.7 Å². The minimum Gasteiger partial charge on any atom is -0.493 e. The van der Waals surface area contributed by atoms with Gasteiger partial charge in [-0.15, -0.1) is 0 Å². The number of urea groups is 1. The fraction of sp³-hybridized carbons (Fsp3) is 0.439. The number of allylic oxidation sites excluding steroid dienone is 3. The number of pyridine rings is 2. The summed E-state index contributed by atoms with van der Waals surface area (Å²) in [5, 5.41) is 4.28. The lowest BCUT2D eigenvalue weighted by molar-refractivity contribution is -0.824. The molecule has 1 aromatic carbocycles. The number of quaternary nitrogens is 1. The molecule has 0 spiro atoms. The van der Waals surface area contributed by atoms with Crippen LogP contribution >= 0.6 is 23.2 Å². The van der Waals surface area contributed by atoms with Crippen molar-refractivity contribution in [2.45, 2.75) is 70.9 Å². The van der Waals surface area contributed by atoms with Gasteiger partial charge in [0.05, 0.1) is 38.9 Å². The molecule has 11 nitrogen and oxygen atoms in total. The number of carbonyl (C=O) groups excluding carboxylic acids is 2. The van der Waals surface area contributed by atoms with Crippen LogP contribution in [0.2, 0.25) is 5.02 Å². The summed E-state index contributed by atoms with van der Waals surface area (Å²) in [6.45, 7) is 15.1. The van der Waals surface area contributed by atoms with E-state index >= 15 is 4.79 Å². The first-order chi connectivity index (χ1) is 25.7. The van der Waals surface area contributed by atoms with E-state index < -0.39 is 11.1 Å². The maximum atomic E-state index is 15.4. The predicted molar refractivity (Wildman–Crippen MR) is 213 cm³/mol. The Kier molecular flexibility index (Phi) is 11.5. The Labute approximate surface area is 328 Å². The van der Waals surface area contributed by atoms with Gasteiger partial charge < -0.3 is 14.8 Å². The summed E-state index contributed by atoms with van der Waals surface area (Å²) in [6.07, 6.45) is 8.69. The molecule has 1 aliphatic carbocycles. The average molecular weight is 776 g/mol. The van der Waals surface area contributed by atoms with Gasteiger partial charge in [-0.25, -0.2) is 19.6 Å². The largest absolute Gasteiger partial charge is 0.493 e. The zero-order chi connectivity index (χ0) is 38.8. The van der Waals surface area contributed by atoms with E-state index in [2.05, 4.69) is 49.8 Å². The molecule has 13 heteroatoms. The Morgan fingerprint density at radius 1 is 1.02 bits per heavy atom. The van der Waals surface area contributed by atoms with E-state index in [1.54, 1.807) is 24.5 Å². The van der Waals surface area contributed by atoms with Gasteiger partial charge in [0, 0.05) is 52.7 Å². The van der Waals surface area contributed by atoms with E-state index in [0.717, 1.165) is 26.8 Å². The van der Waals surface area contributed by atoms with Crippen molar-refractivity contribution in [3.8, 4) is 11.6 Å². The highest BCUT2D eigenvalue weighted by atomic mass is 35.5. The summed E-state index contributed by atoms with van der Waals surface area (Å²) in [5.74, 6) is 1.29. The second-order valence-corrected chi connectivity index (χ2v) is 16.2. The Bertz CT molecular complexity index is 1990. The number of anilines is 1.